The smallest absolute Gasteiger partial charge is 0.302 e. The molecular formula is C22H32O5. The van der Waals surface area contributed by atoms with Crippen LogP contribution in [0.15, 0.2) is 12.2 Å². The fourth-order valence-corrected chi connectivity index (χ4v) is 7.87. The molecule has 0 amide bonds. The largest absolute Gasteiger partial charge is 0.462 e. The Kier molecular flexibility index (Phi) is 4.01. The molecule has 4 aliphatic rings. The van der Waals surface area contributed by atoms with Crippen LogP contribution >= 0.6 is 0 Å². The number of aliphatic hydroxyl groups excluding tert-OH is 1. The minimum absolute atomic E-state index is 0.0272. The lowest BCUT2D eigenvalue weighted by molar-refractivity contribution is -0.217. The van der Waals surface area contributed by atoms with E-state index in [9.17, 15) is 19.8 Å². The highest BCUT2D eigenvalue weighted by atomic mass is 16.5. The standard InChI is InChI=1S/C22H32O5/c1-13-18(25)21-9-6-16-19(3,12-23)7-5-8-20(16,4)17(21)15(27-14(2)24)10-22(13,26)11-21/h15-17,23,26H,1,5-12H2,2-4H3/t15-,16+,17-,19-,20+,21+,22-/m0/s1. The van der Waals surface area contributed by atoms with Crippen molar-refractivity contribution in [3.63, 3.8) is 0 Å². The van der Waals surface area contributed by atoms with Gasteiger partial charge in [0.05, 0.1) is 5.60 Å². The van der Waals surface area contributed by atoms with Crippen molar-refractivity contribution in [1.29, 1.82) is 0 Å². The fourth-order valence-electron chi connectivity index (χ4n) is 7.87. The van der Waals surface area contributed by atoms with Crippen molar-refractivity contribution in [3.05, 3.63) is 12.2 Å². The number of carbonyl (C=O) groups is 2. The van der Waals surface area contributed by atoms with Crippen molar-refractivity contribution < 1.29 is 24.5 Å². The van der Waals surface area contributed by atoms with Crippen LogP contribution in [-0.4, -0.2) is 40.3 Å². The highest BCUT2D eigenvalue weighted by molar-refractivity contribution is 6.05. The van der Waals surface area contributed by atoms with Crippen molar-refractivity contribution in [2.24, 2.45) is 28.1 Å². The zero-order valence-electron chi connectivity index (χ0n) is 16.7. The number of fused-ring (bicyclic) bond motifs is 3. The molecule has 0 aromatic heterocycles. The number of Topliss-reactive ketones (excluding diaryl/α,β-unsaturated/α-hetero) is 1. The number of carbonyl (C=O) groups excluding carboxylic acids is 2. The van der Waals surface area contributed by atoms with Crippen LogP contribution in [-0.2, 0) is 14.3 Å². The van der Waals surface area contributed by atoms with E-state index in [0.717, 1.165) is 25.7 Å². The minimum atomic E-state index is -1.26. The third-order valence-corrected chi connectivity index (χ3v) is 8.77. The first-order chi connectivity index (χ1) is 12.5. The molecule has 4 rings (SSSR count). The summed E-state index contributed by atoms with van der Waals surface area (Å²) in [6.07, 6.45) is 4.61. The van der Waals surface area contributed by atoms with Crippen LogP contribution in [0.3, 0.4) is 0 Å². The molecular weight excluding hydrogens is 344 g/mol. The Morgan fingerprint density at radius 1 is 1.30 bits per heavy atom. The van der Waals surface area contributed by atoms with Crippen LogP contribution in [0, 0.1) is 28.1 Å². The molecule has 1 spiro atoms. The van der Waals surface area contributed by atoms with Gasteiger partial charge in [-0.25, -0.2) is 0 Å². The lowest BCUT2D eigenvalue weighted by atomic mass is 9.40. The number of rotatable bonds is 2. The average molecular weight is 376 g/mol. The number of esters is 1. The predicted molar refractivity (Wildman–Crippen MR) is 99.7 cm³/mol. The van der Waals surface area contributed by atoms with E-state index in [1.165, 1.54) is 6.92 Å². The summed E-state index contributed by atoms with van der Waals surface area (Å²) in [6, 6.07) is 0. The molecule has 0 aromatic rings. The molecule has 27 heavy (non-hydrogen) atoms. The van der Waals surface area contributed by atoms with Gasteiger partial charge in [0.1, 0.15) is 6.10 Å². The predicted octanol–water partition coefficient (Wildman–Crippen LogP) is 2.78. The normalized spacial score (nSPS) is 51.5. The molecule has 4 saturated carbocycles. The van der Waals surface area contributed by atoms with E-state index in [4.69, 9.17) is 4.74 Å². The minimum Gasteiger partial charge on any atom is -0.462 e. The molecule has 4 aliphatic carbocycles. The van der Waals surface area contributed by atoms with Gasteiger partial charge in [-0.3, -0.25) is 9.59 Å². The van der Waals surface area contributed by atoms with E-state index in [-0.39, 0.29) is 47.4 Å². The highest BCUT2D eigenvalue weighted by Gasteiger charge is 2.73. The van der Waals surface area contributed by atoms with Gasteiger partial charge in [0.2, 0.25) is 0 Å². The highest BCUT2D eigenvalue weighted by Crippen LogP contribution is 2.72. The zero-order chi connectivity index (χ0) is 19.8. The summed E-state index contributed by atoms with van der Waals surface area (Å²) in [5.41, 5.74) is -2.04. The Morgan fingerprint density at radius 3 is 2.63 bits per heavy atom. The van der Waals surface area contributed by atoms with Gasteiger partial charge in [-0.15, -0.1) is 0 Å². The molecule has 2 N–H and O–H groups in total. The van der Waals surface area contributed by atoms with E-state index in [1.54, 1.807) is 0 Å². The second kappa shape index (κ2) is 5.66. The van der Waals surface area contributed by atoms with Gasteiger partial charge in [-0.2, -0.15) is 0 Å². The fraction of sp³-hybridized carbons (Fsp3) is 0.818. The van der Waals surface area contributed by atoms with Crippen molar-refractivity contribution >= 4 is 11.8 Å². The topological polar surface area (TPSA) is 83.8 Å². The van der Waals surface area contributed by atoms with E-state index >= 15 is 0 Å². The lowest BCUT2D eigenvalue weighted by Gasteiger charge is -2.64. The summed E-state index contributed by atoms with van der Waals surface area (Å²) < 4.78 is 5.76. The van der Waals surface area contributed by atoms with Gasteiger partial charge in [0.25, 0.3) is 0 Å². The van der Waals surface area contributed by atoms with Crippen molar-refractivity contribution in [3.8, 4) is 0 Å². The quantitative estimate of drug-likeness (QED) is 0.572. The molecule has 4 fully saturated rings. The molecule has 0 heterocycles. The summed E-state index contributed by atoms with van der Waals surface area (Å²) >= 11 is 0. The molecule has 5 heteroatoms. The SMILES string of the molecule is C=C1C(=O)[C@@]23CC[C@@H]4[C@](C)(CO)CCC[C@@]4(C)[C@@H]2[C@@H](OC(C)=O)C[C@]1(O)C3. The van der Waals surface area contributed by atoms with Crippen LogP contribution in [0.2, 0.25) is 0 Å². The first-order valence-corrected chi connectivity index (χ1v) is 10.3. The summed E-state index contributed by atoms with van der Waals surface area (Å²) in [4.78, 5) is 25.3. The first-order valence-electron chi connectivity index (χ1n) is 10.3. The van der Waals surface area contributed by atoms with E-state index in [2.05, 4.69) is 20.4 Å². The Morgan fingerprint density at radius 2 is 2.00 bits per heavy atom. The van der Waals surface area contributed by atoms with Gasteiger partial charge in [0, 0.05) is 36.9 Å². The first kappa shape index (κ1) is 19.1. The van der Waals surface area contributed by atoms with Crippen molar-refractivity contribution in [2.45, 2.75) is 77.4 Å². The lowest BCUT2D eigenvalue weighted by Crippen LogP contribution is -2.64. The third kappa shape index (κ3) is 2.30. The Balaban J connectivity index is 1.86. The maximum Gasteiger partial charge on any atom is 0.302 e. The Bertz CT molecular complexity index is 715. The molecule has 0 unspecified atom stereocenters. The van der Waals surface area contributed by atoms with Crippen LogP contribution in [0.25, 0.3) is 0 Å². The Labute approximate surface area is 161 Å². The van der Waals surface area contributed by atoms with Crippen LogP contribution in [0.4, 0.5) is 0 Å². The second-order valence-corrected chi connectivity index (χ2v) is 10.3. The molecule has 5 nitrogen and oxygen atoms in total. The monoisotopic (exact) mass is 376 g/mol. The van der Waals surface area contributed by atoms with Gasteiger partial charge >= 0.3 is 5.97 Å². The number of ketones is 1. The summed E-state index contributed by atoms with van der Waals surface area (Å²) in [5, 5.41) is 21.3. The Hall–Kier alpha value is -1.20. The summed E-state index contributed by atoms with van der Waals surface area (Å²) in [6.45, 7) is 9.85. The maximum atomic E-state index is 13.4. The van der Waals surface area contributed by atoms with E-state index in [0.29, 0.717) is 18.4 Å². The number of hydrogen-bond acceptors (Lipinski definition) is 5. The molecule has 150 valence electrons. The zero-order valence-corrected chi connectivity index (χ0v) is 16.7. The maximum absolute atomic E-state index is 13.4. The van der Waals surface area contributed by atoms with Crippen molar-refractivity contribution in [1.82, 2.24) is 0 Å². The molecule has 0 aliphatic heterocycles. The second-order valence-electron chi connectivity index (χ2n) is 10.3. The van der Waals surface area contributed by atoms with Gasteiger partial charge in [0.15, 0.2) is 5.78 Å². The third-order valence-electron chi connectivity index (χ3n) is 8.77. The molecule has 0 radical (unpaired) electrons. The van der Waals surface area contributed by atoms with E-state index in [1.807, 2.05) is 0 Å². The molecule has 0 aromatic carbocycles. The molecule has 2 bridgehead atoms. The van der Waals surface area contributed by atoms with Crippen LogP contribution in [0.1, 0.15) is 65.7 Å². The summed E-state index contributed by atoms with van der Waals surface area (Å²) in [5.74, 6) is -0.263. The van der Waals surface area contributed by atoms with Gasteiger partial charge < -0.3 is 14.9 Å². The average Bonchev–Trinajstić information content (AvgIpc) is 2.71. The van der Waals surface area contributed by atoms with Gasteiger partial charge in [-0.1, -0.05) is 26.8 Å². The van der Waals surface area contributed by atoms with E-state index < -0.39 is 17.1 Å². The molecule has 0 saturated heterocycles. The number of aliphatic hydroxyl groups is 2. The van der Waals surface area contributed by atoms with Crippen LogP contribution in [0.5, 0.6) is 0 Å². The van der Waals surface area contributed by atoms with Crippen LogP contribution < -0.4 is 0 Å². The molecule has 7 atom stereocenters. The summed E-state index contributed by atoms with van der Waals surface area (Å²) in [7, 11) is 0. The van der Waals surface area contributed by atoms with Gasteiger partial charge in [-0.05, 0) is 48.9 Å². The van der Waals surface area contributed by atoms with Crippen molar-refractivity contribution in [2.75, 3.05) is 6.61 Å². The number of hydrogen-bond donors (Lipinski definition) is 2. The number of ether oxygens (including phenoxy) is 1.